The minimum atomic E-state index is -0.115. The number of hydrogen-bond acceptors (Lipinski definition) is 5. The predicted molar refractivity (Wildman–Crippen MR) is 107 cm³/mol. The standard InChI is InChI=1S/C19H25N3O2S2/c23-18(5-7-20-19(24)16-6-10-25-14-16)21-11-15-3-1-8-22(12-15)13-17-4-2-9-26-17/h2,4,6,9-10,14-15H,1,3,5,7-8,11-13H2,(H,20,24)(H,21,23). The Bertz CT molecular complexity index is 686. The lowest BCUT2D eigenvalue weighted by molar-refractivity contribution is -0.121. The van der Waals surface area contributed by atoms with Gasteiger partial charge in [0.25, 0.3) is 5.91 Å². The van der Waals surface area contributed by atoms with E-state index in [2.05, 4.69) is 33.0 Å². The van der Waals surface area contributed by atoms with E-state index in [0.29, 0.717) is 24.4 Å². The van der Waals surface area contributed by atoms with Gasteiger partial charge in [-0.3, -0.25) is 14.5 Å². The second-order valence-corrected chi connectivity index (χ2v) is 8.46. The lowest BCUT2D eigenvalue weighted by Crippen LogP contribution is -2.41. The molecule has 140 valence electrons. The zero-order chi connectivity index (χ0) is 18.2. The Morgan fingerprint density at radius 3 is 2.92 bits per heavy atom. The molecule has 0 spiro atoms. The van der Waals surface area contributed by atoms with Crippen molar-refractivity contribution in [2.24, 2.45) is 5.92 Å². The van der Waals surface area contributed by atoms with Gasteiger partial charge in [0.05, 0.1) is 0 Å². The van der Waals surface area contributed by atoms with Crippen LogP contribution in [-0.2, 0) is 11.3 Å². The monoisotopic (exact) mass is 391 g/mol. The van der Waals surface area contributed by atoms with Crippen LogP contribution < -0.4 is 10.6 Å². The van der Waals surface area contributed by atoms with Gasteiger partial charge >= 0.3 is 0 Å². The number of carbonyl (C=O) groups is 2. The quantitative estimate of drug-likeness (QED) is 0.727. The molecule has 5 nitrogen and oxygen atoms in total. The third kappa shape index (κ3) is 5.93. The molecule has 2 aromatic heterocycles. The van der Waals surface area contributed by atoms with Gasteiger partial charge in [0, 0.05) is 48.4 Å². The van der Waals surface area contributed by atoms with Crippen LogP contribution in [0.3, 0.4) is 0 Å². The van der Waals surface area contributed by atoms with Crippen molar-refractivity contribution in [2.75, 3.05) is 26.2 Å². The number of nitrogens with zero attached hydrogens (tertiary/aromatic N) is 1. The summed E-state index contributed by atoms with van der Waals surface area (Å²) in [6.45, 7) is 4.27. The molecule has 2 amide bonds. The summed E-state index contributed by atoms with van der Waals surface area (Å²) in [6.07, 6.45) is 2.67. The summed E-state index contributed by atoms with van der Waals surface area (Å²) in [4.78, 5) is 27.7. The zero-order valence-corrected chi connectivity index (χ0v) is 16.4. The molecule has 3 rings (SSSR count). The van der Waals surface area contributed by atoms with E-state index in [0.717, 1.165) is 32.6 Å². The highest BCUT2D eigenvalue weighted by molar-refractivity contribution is 7.09. The Balaban J connectivity index is 1.31. The molecule has 0 saturated carbocycles. The van der Waals surface area contributed by atoms with Crippen LogP contribution >= 0.6 is 22.7 Å². The Morgan fingerprint density at radius 1 is 1.23 bits per heavy atom. The topological polar surface area (TPSA) is 61.4 Å². The summed E-state index contributed by atoms with van der Waals surface area (Å²) in [6, 6.07) is 6.06. The lowest BCUT2D eigenvalue weighted by atomic mass is 9.98. The van der Waals surface area contributed by atoms with Gasteiger partial charge in [-0.05, 0) is 48.2 Å². The molecule has 0 aliphatic carbocycles. The van der Waals surface area contributed by atoms with Gasteiger partial charge in [-0.2, -0.15) is 11.3 Å². The first kappa shape index (κ1) is 19.1. The number of hydrogen-bond donors (Lipinski definition) is 2. The first-order chi connectivity index (χ1) is 12.7. The maximum Gasteiger partial charge on any atom is 0.252 e. The van der Waals surface area contributed by atoms with Gasteiger partial charge in [0.2, 0.25) is 5.91 Å². The fourth-order valence-corrected chi connectivity index (χ4v) is 4.60. The van der Waals surface area contributed by atoms with E-state index < -0.39 is 0 Å². The fourth-order valence-electron chi connectivity index (χ4n) is 3.22. The molecule has 0 bridgehead atoms. The largest absolute Gasteiger partial charge is 0.356 e. The fraction of sp³-hybridized carbons (Fsp3) is 0.474. The second kappa shape index (κ2) is 9.85. The van der Waals surface area contributed by atoms with Crippen LogP contribution in [0.15, 0.2) is 34.3 Å². The normalized spacial score (nSPS) is 17.8. The molecule has 3 heterocycles. The minimum absolute atomic E-state index is 0.00555. The van der Waals surface area contributed by atoms with Crippen LogP contribution in [0.5, 0.6) is 0 Å². The molecule has 0 aromatic carbocycles. The van der Waals surface area contributed by atoms with Gasteiger partial charge < -0.3 is 10.6 Å². The van der Waals surface area contributed by atoms with Gasteiger partial charge in [0.15, 0.2) is 0 Å². The highest BCUT2D eigenvalue weighted by atomic mass is 32.1. The van der Waals surface area contributed by atoms with Crippen molar-refractivity contribution in [3.63, 3.8) is 0 Å². The van der Waals surface area contributed by atoms with Crippen molar-refractivity contribution < 1.29 is 9.59 Å². The van der Waals surface area contributed by atoms with E-state index in [-0.39, 0.29) is 11.8 Å². The molecule has 26 heavy (non-hydrogen) atoms. The molecule has 2 aromatic rings. The van der Waals surface area contributed by atoms with Crippen LogP contribution in [0, 0.1) is 5.92 Å². The molecule has 1 aliphatic rings. The molecule has 2 N–H and O–H groups in total. The average Bonchev–Trinajstić information content (AvgIpc) is 3.34. The first-order valence-electron chi connectivity index (χ1n) is 9.02. The number of amides is 2. The van der Waals surface area contributed by atoms with Crippen molar-refractivity contribution in [1.29, 1.82) is 0 Å². The third-order valence-corrected chi connectivity index (χ3v) is 6.12. The first-order valence-corrected chi connectivity index (χ1v) is 10.8. The molecule has 7 heteroatoms. The Hall–Kier alpha value is -1.70. The summed E-state index contributed by atoms with van der Waals surface area (Å²) in [7, 11) is 0. The summed E-state index contributed by atoms with van der Waals surface area (Å²) >= 11 is 3.29. The van der Waals surface area contributed by atoms with Crippen molar-refractivity contribution >= 4 is 34.5 Å². The van der Waals surface area contributed by atoms with Crippen LogP contribution in [-0.4, -0.2) is 42.9 Å². The van der Waals surface area contributed by atoms with Crippen LogP contribution in [0.1, 0.15) is 34.5 Å². The molecular formula is C19H25N3O2S2. The molecular weight excluding hydrogens is 366 g/mol. The molecule has 1 fully saturated rings. The third-order valence-electron chi connectivity index (χ3n) is 4.57. The van der Waals surface area contributed by atoms with E-state index >= 15 is 0 Å². The maximum absolute atomic E-state index is 12.0. The van der Waals surface area contributed by atoms with Gasteiger partial charge in [-0.1, -0.05) is 6.07 Å². The van der Waals surface area contributed by atoms with Gasteiger partial charge in [-0.15, -0.1) is 11.3 Å². The number of nitrogens with one attached hydrogen (secondary N) is 2. The van der Waals surface area contributed by atoms with E-state index in [9.17, 15) is 9.59 Å². The van der Waals surface area contributed by atoms with Crippen LogP contribution in [0.4, 0.5) is 0 Å². The zero-order valence-electron chi connectivity index (χ0n) is 14.8. The predicted octanol–water partition coefficient (Wildman–Crippen LogP) is 2.96. The minimum Gasteiger partial charge on any atom is -0.356 e. The molecule has 0 radical (unpaired) electrons. The molecule has 1 unspecified atom stereocenters. The van der Waals surface area contributed by atoms with Gasteiger partial charge in [-0.25, -0.2) is 0 Å². The number of rotatable bonds is 8. The lowest BCUT2D eigenvalue weighted by Gasteiger charge is -2.32. The molecule has 1 saturated heterocycles. The Labute approximate surface area is 162 Å². The summed E-state index contributed by atoms with van der Waals surface area (Å²) < 4.78 is 0. The number of carbonyl (C=O) groups excluding carboxylic acids is 2. The molecule has 1 aliphatic heterocycles. The van der Waals surface area contributed by atoms with Crippen LogP contribution in [0.25, 0.3) is 0 Å². The van der Waals surface area contributed by atoms with Crippen molar-refractivity contribution in [3.05, 3.63) is 44.8 Å². The summed E-state index contributed by atoms with van der Waals surface area (Å²) in [5, 5.41) is 11.6. The number of piperidine rings is 1. The van der Waals surface area contributed by atoms with E-state index in [1.165, 1.54) is 22.6 Å². The van der Waals surface area contributed by atoms with Gasteiger partial charge in [0.1, 0.15) is 0 Å². The Morgan fingerprint density at radius 2 is 2.15 bits per heavy atom. The van der Waals surface area contributed by atoms with E-state index in [1.807, 2.05) is 5.38 Å². The highest BCUT2D eigenvalue weighted by Crippen LogP contribution is 2.20. The van der Waals surface area contributed by atoms with Crippen molar-refractivity contribution in [1.82, 2.24) is 15.5 Å². The molecule has 1 atom stereocenters. The van der Waals surface area contributed by atoms with Crippen LogP contribution in [0.2, 0.25) is 0 Å². The van der Waals surface area contributed by atoms with Crippen molar-refractivity contribution in [2.45, 2.75) is 25.8 Å². The second-order valence-electron chi connectivity index (χ2n) is 6.64. The smallest absolute Gasteiger partial charge is 0.252 e. The highest BCUT2D eigenvalue weighted by Gasteiger charge is 2.20. The average molecular weight is 392 g/mol. The van der Waals surface area contributed by atoms with E-state index in [4.69, 9.17) is 0 Å². The SMILES string of the molecule is O=C(CCNC(=O)c1ccsc1)NCC1CCCN(Cc2cccs2)C1. The number of thiophene rings is 2. The maximum atomic E-state index is 12.0. The summed E-state index contributed by atoms with van der Waals surface area (Å²) in [5.74, 6) is 0.398. The van der Waals surface area contributed by atoms with E-state index in [1.54, 1.807) is 22.8 Å². The number of likely N-dealkylation sites (tertiary alicyclic amines) is 1. The summed E-state index contributed by atoms with van der Waals surface area (Å²) in [5.41, 5.74) is 0.656. The Kier molecular flexibility index (Phi) is 7.22. The van der Waals surface area contributed by atoms with Crippen molar-refractivity contribution in [3.8, 4) is 0 Å².